The molecular weight excluding hydrogens is 294 g/mol. The molecule has 4 rings (SSSR count). The Bertz CT molecular complexity index is 549. The van der Waals surface area contributed by atoms with Gasteiger partial charge >= 0.3 is 5.97 Å². The molecule has 3 aliphatic heterocycles. The molecule has 0 saturated carbocycles. The molecule has 3 aliphatic rings. The minimum atomic E-state index is -0.172. The van der Waals surface area contributed by atoms with Crippen molar-refractivity contribution in [2.45, 2.75) is 50.5 Å². The van der Waals surface area contributed by atoms with Crippen molar-refractivity contribution in [3.63, 3.8) is 0 Å². The minimum absolute atomic E-state index is 0.0857. The summed E-state index contributed by atoms with van der Waals surface area (Å²) < 4.78 is 11.3. The number of benzene rings is 1. The number of fused-ring (bicyclic) bond motifs is 3. The first-order valence-electron chi connectivity index (χ1n) is 8.58. The highest BCUT2D eigenvalue weighted by molar-refractivity contribution is 5.77. The normalized spacial score (nSPS) is 33.3. The first-order valence-corrected chi connectivity index (χ1v) is 8.58. The summed E-state index contributed by atoms with van der Waals surface area (Å²) in [6.07, 6.45) is 3.76. The van der Waals surface area contributed by atoms with E-state index in [-0.39, 0.29) is 30.1 Å². The van der Waals surface area contributed by atoms with E-state index in [1.165, 1.54) is 6.42 Å². The fourth-order valence-corrected chi connectivity index (χ4v) is 3.93. The second-order valence-corrected chi connectivity index (χ2v) is 6.60. The molecule has 124 valence electrons. The maximum atomic E-state index is 12.2. The predicted molar refractivity (Wildman–Crippen MR) is 83.3 cm³/mol. The zero-order valence-electron chi connectivity index (χ0n) is 13.2. The Kier molecular flexibility index (Phi) is 4.33. The lowest BCUT2D eigenvalue weighted by molar-refractivity contribution is -0.196. The Morgan fingerprint density at radius 2 is 2.09 bits per heavy atom. The monoisotopic (exact) mass is 317 g/mol. The Morgan fingerprint density at radius 1 is 1.22 bits per heavy atom. The fraction of sp³-hybridized carbons (Fsp3) is 0.611. The van der Waals surface area contributed by atoms with Crippen molar-refractivity contribution in [2.75, 3.05) is 13.2 Å². The molecule has 5 nitrogen and oxygen atoms in total. The minimum Gasteiger partial charge on any atom is -0.459 e. The van der Waals surface area contributed by atoms with Crippen LogP contribution < -0.4 is 0 Å². The van der Waals surface area contributed by atoms with E-state index >= 15 is 0 Å². The van der Waals surface area contributed by atoms with Crippen LogP contribution in [0.3, 0.4) is 0 Å². The second kappa shape index (κ2) is 6.59. The van der Waals surface area contributed by atoms with Crippen molar-refractivity contribution in [1.82, 2.24) is 5.06 Å². The summed E-state index contributed by atoms with van der Waals surface area (Å²) in [6, 6.07) is 10.3. The van der Waals surface area contributed by atoms with E-state index in [1.54, 1.807) is 0 Å². The Balaban J connectivity index is 1.29. The molecular formula is C18H23NO4. The van der Waals surface area contributed by atoms with E-state index in [9.17, 15) is 4.79 Å². The van der Waals surface area contributed by atoms with Crippen molar-refractivity contribution in [3.05, 3.63) is 35.9 Å². The van der Waals surface area contributed by atoms with Gasteiger partial charge in [-0.3, -0.25) is 9.63 Å². The number of piperidine rings is 1. The predicted octanol–water partition coefficient (Wildman–Crippen LogP) is 2.30. The molecule has 0 N–H and O–H groups in total. The summed E-state index contributed by atoms with van der Waals surface area (Å²) >= 11 is 0. The summed E-state index contributed by atoms with van der Waals surface area (Å²) in [4.78, 5) is 18.2. The number of carbonyl (C=O) groups excluding carboxylic acids is 1. The number of carbonyl (C=O) groups is 1. The SMILES string of the molecule is O=C1O[C@H](CCOCc2ccccc2)[C@H]2ON3CCCC[C@@H]3[C@@H]12. The van der Waals surface area contributed by atoms with E-state index in [2.05, 4.69) is 0 Å². The molecule has 0 spiro atoms. The van der Waals surface area contributed by atoms with Gasteiger partial charge in [0.25, 0.3) is 0 Å². The van der Waals surface area contributed by atoms with Gasteiger partial charge in [0.05, 0.1) is 19.3 Å². The summed E-state index contributed by atoms with van der Waals surface area (Å²) in [6.45, 7) is 2.09. The summed E-state index contributed by atoms with van der Waals surface area (Å²) in [7, 11) is 0. The van der Waals surface area contributed by atoms with Gasteiger partial charge in [-0.2, -0.15) is 5.06 Å². The van der Waals surface area contributed by atoms with Crippen LogP contribution in [-0.4, -0.2) is 42.4 Å². The Hall–Kier alpha value is -1.43. The second-order valence-electron chi connectivity index (χ2n) is 6.60. The van der Waals surface area contributed by atoms with Crippen molar-refractivity contribution in [3.8, 4) is 0 Å². The standard InChI is InChI=1S/C18H23NO4/c20-18-16-14-8-4-5-10-19(14)23-17(16)15(22-18)9-11-21-12-13-6-2-1-3-7-13/h1-3,6-7,14-17H,4-5,8-12H2/t14-,15-,16-,17-/m1/s1. The van der Waals surface area contributed by atoms with Crippen molar-refractivity contribution < 1.29 is 19.1 Å². The number of rotatable bonds is 5. The van der Waals surface area contributed by atoms with E-state index in [4.69, 9.17) is 14.3 Å². The highest BCUT2D eigenvalue weighted by Crippen LogP contribution is 2.41. The van der Waals surface area contributed by atoms with Crippen LogP contribution >= 0.6 is 0 Å². The van der Waals surface area contributed by atoms with Gasteiger partial charge in [-0.05, 0) is 18.4 Å². The van der Waals surface area contributed by atoms with Crippen LogP contribution in [0.15, 0.2) is 30.3 Å². The lowest BCUT2D eigenvalue weighted by Crippen LogP contribution is -2.38. The maximum Gasteiger partial charge on any atom is 0.313 e. The largest absolute Gasteiger partial charge is 0.459 e. The lowest BCUT2D eigenvalue weighted by Gasteiger charge is -2.29. The van der Waals surface area contributed by atoms with Gasteiger partial charge < -0.3 is 9.47 Å². The van der Waals surface area contributed by atoms with Crippen LogP contribution in [0.25, 0.3) is 0 Å². The van der Waals surface area contributed by atoms with Gasteiger partial charge in [0.15, 0.2) is 0 Å². The van der Waals surface area contributed by atoms with Crippen LogP contribution in [0.2, 0.25) is 0 Å². The molecule has 0 unspecified atom stereocenters. The molecule has 0 radical (unpaired) electrons. The molecule has 5 heteroatoms. The zero-order chi connectivity index (χ0) is 15.6. The van der Waals surface area contributed by atoms with E-state index in [0.29, 0.717) is 19.6 Å². The number of hydrogen-bond donors (Lipinski definition) is 0. The molecule has 4 atom stereocenters. The summed E-state index contributed by atoms with van der Waals surface area (Å²) in [5, 5.41) is 2.02. The summed E-state index contributed by atoms with van der Waals surface area (Å²) in [5.74, 6) is -0.188. The highest BCUT2D eigenvalue weighted by atomic mass is 16.7. The van der Waals surface area contributed by atoms with Gasteiger partial charge in [0.1, 0.15) is 18.1 Å². The van der Waals surface area contributed by atoms with E-state index in [0.717, 1.165) is 24.9 Å². The van der Waals surface area contributed by atoms with Crippen molar-refractivity contribution in [1.29, 1.82) is 0 Å². The molecule has 0 bridgehead atoms. The Morgan fingerprint density at radius 3 is 2.96 bits per heavy atom. The first kappa shape index (κ1) is 15.1. The molecule has 3 saturated heterocycles. The van der Waals surface area contributed by atoms with Crippen LogP contribution in [0.5, 0.6) is 0 Å². The lowest BCUT2D eigenvalue weighted by atomic mass is 9.88. The average molecular weight is 317 g/mol. The van der Waals surface area contributed by atoms with Crippen LogP contribution in [0.1, 0.15) is 31.2 Å². The topological polar surface area (TPSA) is 48.0 Å². The van der Waals surface area contributed by atoms with Gasteiger partial charge in [-0.15, -0.1) is 0 Å². The third-order valence-corrected chi connectivity index (χ3v) is 5.09. The molecule has 3 heterocycles. The molecule has 1 aromatic carbocycles. The van der Waals surface area contributed by atoms with Gasteiger partial charge in [0.2, 0.25) is 0 Å². The molecule has 0 amide bonds. The highest BCUT2D eigenvalue weighted by Gasteiger charge is 2.57. The quantitative estimate of drug-likeness (QED) is 0.616. The average Bonchev–Trinajstić information content (AvgIpc) is 3.11. The number of nitrogens with zero attached hydrogens (tertiary/aromatic N) is 1. The number of cyclic esters (lactones) is 1. The van der Waals surface area contributed by atoms with E-state index in [1.807, 2.05) is 35.4 Å². The third kappa shape index (κ3) is 3.01. The van der Waals surface area contributed by atoms with E-state index < -0.39 is 0 Å². The number of hydrogen-bond acceptors (Lipinski definition) is 5. The summed E-state index contributed by atoms with van der Waals surface area (Å²) in [5.41, 5.74) is 1.16. The zero-order valence-corrected chi connectivity index (χ0v) is 13.2. The number of hydroxylamine groups is 2. The van der Waals surface area contributed by atoms with Crippen LogP contribution in [0, 0.1) is 5.92 Å². The van der Waals surface area contributed by atoms with Crippen LogP contribution in [-0.2, 0) is 25.7 Å². The van der Waals surface area contributed by atoms with Gasteiger partial charge in [0, 0.05) is 13.0 Å². The van der Waals surface area contributed by atoms with Crippen molar-refractivity contribution in [2.24, 2.45) is 5.92 Å². The molecule has 0 aliphatic carbocycles. The number of esters is 1. The number of ether oxygens (including phenoxy) is 2. The molecule has 3 fully saturated rings. The van der Waals surface area contributed by atoms with Crippen LogP contribution in [0.4, 0.5) is 0 Å². The third-order valence-electron chi connectivity index (χ3n) is 5.09. The molecule has 1 aromatic rings. The maximum absolute atomic E-state index is 12.2. The smallest absolute Gasteiger partial charge is 0.313 e. The fourth-order valence-electron chi connectivity index (χ4n) is 3.93. The first-order chi connectivity index (χ1) is 11.3. The van der Waals surface area contributed by atoms with Gasteiger partial charge in [-0.1, -0.05) is 36.8 Å². The Labute approximate surface area is 136 Å². The molecule has 0 aromatic heterocycles. The van der Waals surface area contributed by atoms with Gasteiger partial charge in [-0.25, -0.2) is 0 Å². The molecule has 23 heavy (non-hydrogen) atoms. The van der Waals surface area contributed by atoms with Crippen molar-refractivity contribution >= 4 is 5.97 Å².